The molecule has 5 rings (SSSR count). The van der Waals surface area contributed by atoms with Crippen molar-refractivity contribution in [2.75, 3.05) is 0 Å². The highest BCUT2D eigenvalue weighted by atomic mass is 19.1. The second-order valence-electron chi connectivity index (χ2n) is 7.16. The maximum atomic E-state index is 13.5. The van der Waals surface area contributed by atoms with Gasteiger partial charge in [0.15, 0.2) is 5.69 Å². The first-order chi connectivity index (χ1) is 14.1. The Hall–Kier alpha value is -3.39. The largest absolute Gasteiger partial charge is 0.365 e. The van der Waals surface area contributed by atoms with E-state index in [2.05, 4.69) is 52.5 Å². The molecule has 0 spiro atoms. The van der Waals surface area contributed by atoms with Gasteiger partial charge in [0.25, 0.3) is 5.89 Å². The van der Waals surface area contributed by atoms with Gasteiger partial charge < -0.3 is 9.26 Å². The normalized spacial score (nSPS) is 16.0. The Morgan fingerprint density at radius 3 is 2.86 bits per heavy atom. The van der Waals surface area contributed by atoms with Crippen molar-refractivity contribution in [3.05, 3.63) is 70.7 Å². The minimum atomic E-state index is -0.360. The summed E-state index contributed by atoms with van der Waals surface area (Å²) in [6.07, 6.45) is -0.0943. The molecular weight excluding hydrogens is 373 g/mol. The summed E-state index contributed by atoms with van der Waals surface area (Å²) in [4.78, 5) is 4.36. The molecule has 4 aromatic rings. The Morgan fingerprint density at radius 2 is 2.03 bits per heavy atom. The molecule has 146 valence electrons. The molecule has 2 aromatic carbocycles. The van der Waals surface area contributed by atoms with Crippen molar-refractivity contribution in [2.24, 2.45) is 0 Å². The lowest BCUT2D eigenvalue weighted by atomic mass is 10.0. The van der Waals surface area contributed by atoms with Crippen LogP contribution in [-0.2, 0) is 17.9 Å². The van der Waals surface area contributed by atoms with Crippen LogP contribution in [0.15, 0.2) is 47.0 Å². The van der Waals surface area contributed by atoms with E-state index in [1.54, 1.807) is 12.1 Å². The van der Waals surface area contributed by atoms with Crippen molar-refractivity contribution < 1.29 is 13.7 Å². The SMILES string of the molecule is Cc1ccc(C2Cn3nnc(-c4nc(-c5cccc(F)c5)no4)c3CO2)c(C)c1. The van der Waals surface area contributed by atoms with Crippen LogP contribution in [0.1, 0.15) is 28.5 Å². The number of hydrogen-bond donors (Lipinski definition) is 0. The monoisotopic (exact) mass is 391 g/mol. The lowest BCUT2D eigenvalue weighted by Gasteiger charge is -2.25. The number of aryl methyl sites for hydroxylation is 2. The van der Waals surface area contributed by atoms with Gasteiger partial charge in [-0.1, -0.05) is 46.3 Å². The van der Waals surface area contributed by atoms with Crippen LogP contribution < -0.4 is 0 Å². The molecule has 0 saturated heterocycles. The predicted octanol–water partition coefficient (Wildman–Crippen LogP) is 4.02. The number of fused-ring (bicyclic) bond motifs is 1. The molecule has 1 atom stereocenters. The molecule has 0 radical (unpaired) electrons. The maximum absolute atomic E-state index is 13.5. The van der Waals surface area contributed by atoms with Gasteiger partial charge in [-0.05, 0) is 37.1 Å². The van der Waals surface area contributed by atoms with Gasteiger partial charge in [0, 0.05) is 5.56 Å². The summed E-state index contributed by atoms with van der Waals surface area (Å²) in [5, 5.41) is 12.4. The molecule has 0 saturated carbocycles. The quantitative estimate of drug-likeness (QED) is 0.525. The van der Waals surface area contributed by atoms with Crippen LogP contribution in [0.3, 0.4) is 0 Å². The molecule has 1 unspecified atom stereocenters. The number of hydrogen-bond acceptors (Lipinski definition) is 6. The number of aromatic nitrogens is 5. The summed E-state index contributed by atoms with van der Waals surface area (Å²) in [5.41, 5.74) is 5.35. The first kappa shape index (κ1) is 17.7. The Morgan fingerprint density at radius 1 is 1.14 bits per heavy atom. The second-order valence-corrected chi connectivity index (χ2v) is 7.16. The third-order valence-corrected chi connectivity index (χ3v) is 5.08. The van der Waals surface area contributed by atoms with Crippen LogP contribution in [0, 0.1) is 19.7 Å². The van der Waals surface area contributed by atoms with E-state index in [4.69, 9.17) is 9.26 Å². The number of benzene rings is 2. The molecule has 29 heavy (non-hydrogen) atoms. The molecular formula is C21H18FN5O2. The van der Waals surface area contributed by atoms with Crippen LogP contribution in [0.5, 0.6) is 0 Å². The average Bonchev–Trinajstić information content (AvgIpc) is 3.34. The van der Waals surface area contributed by atoms with Gasteiger partial charge in [-0.15, -0.1) is 5.10 Å². The number of ether oxygens (including phenoxy) is 1. The van der Waals surface area contributed by atoms with Gasteiger partial charge in [0.05, 0.1) is 18.8 Å². The number of nitrogens with zero attached hydrogens (tertiary/aromatic N) is 5. The molecule has 3 heterocycles. The zero-order chi connectivity index (χ0) is 20.0. The van der Waals surface area contributed by atoms with Crippen molar-refractivity contribution in [2.45, 2.75) is 33.1 Å². The van der Waals surface area contributed by atoms with Gasteiger partial charge in [0.1, 0.15) is 11.9 Å². The summed E-state index contributed by atoms with van der Waals surface area (Å²) >= 11 is 0. The molecule has 7 nitrogen and oxygen atoms in total. The molecule has 8 heteroatoms. The minimum Gasteiger partial charge on any atom is -0.365 e. The van der Waals surface area contributed by atoms with Crippen LogP contribution in [-0.4, -0.2) is 25.1 Å². The van der Waals surface area contributed by atoms with Crippen LogP contribution in [0.25, 0.3) is 23.0 Å². The Balaban J connectivity index is 1.42. The zero-order valence-electron chi connectivity index (χ0n) is 16.0. The Bertz CT molecular complexity index is 1200. The highest BCUT2D eigenvalue weighted by Crippen LogP contribution is 2.32. The Kier molecular flexibility index (Phi) is 4.21. The summed E-state index contributed by atoms with van der Waals surface area (Å²) in [7, 11) is 0. The van der Waals surface area contributed by atoms with E-state index in [9.17, 15) is 4.39 Å². The second kappa shape index (κ2) is 6.89. The van der Waals surface area contributed by atoms with E-state index in [1.807, 2.05) is 4.68 Å². The van der Waals surface area contributed by atoms with Crippen molar-refractivity contribution in [1.82, 2.24) is 25.1 Å². The fraction of sp³-hybridized carbons (Fsp3) is 0.238. The molecule has 0 aliphatic carbocycles. The first-order valence-electron chi connectivity index (χ1n) is 9.29. The maximum Gasteiger partial charge on any atom is 0.280 e. The van der Waals surface area contributed by atoms with Crippen LogP contribution in [0.2, 0.25) is 0 Å². The molecule has 0 amide bonds. The van der Waals surface area contributed by atoms with E-state index in [-0.39, 0.29) is 17.8 Å². The predicted molar refractivity (Wildman–Crippen MR) is 102 cm³/mol. The summed E-state index contributed by atoms with van der Waals surface area (Å²) in [5.74, 6) is 0.172. The van der Waals surface area contributed by atoms with Crippen LogP contribution >= 0.6 is 0 Å². The lowest BCUT2D eigenvalue weighted by molar-refractivity contribution is -0.00153. The third kappa shape index (κ3) is 3.21. The third-order valence-electron chi connectivity index (χ3n) is 5.08. The molecule has 0 N–H and O–H groups in total. The summed E-state index contributed by atoms with van der Waals surface area (Å²) in [6, 6.07) is 12.4. The highest BCUT2D eigenvalue weighted by molar-refractivity contribution is 5.58. The number of halogens is 1. The fourth-order valence-corrected chi connectivity index (χ4v) is 3.62. The summed E-state index contributed by atoms with van der Waals surface area (Å²) < 4.78 is 26.7. The lowest BCUT2D eigenvalue weighted by Crippen LogP contribution is -2.22. The van der Waals surface area contributed by atoms with Gasteiger partial charge in [-0.3, -0.25) is 0 Å². The molecule has 1 aliphatic rings. The van der Waals surface area contributed by atoms with Crippen molar-refractivity contribution >= 4 is 0 Å². The first-order valence-corrected chi connectivity index (χ1v) is 9.29. The Labute approximate surface area is 166 Å². The van der Waals surface area contributed by atoms with Gasteiger partial charge in [-0.25, -0.2) is 9.07 Å². The van der Waals surface area contributed by atoms with Crippen molar-refractivity contribution in [1.29, 1.82) is 0 Å². The fourth-order valence-electron chi connectivity index (χ4n) is 3.62. The smallest absolute Gasteiger partial charge is 0.280 e. The zero-order valence-corrected chi connectivity index (χ0v) is 16.0. The topological polar surface area (TPSA) is 78.9 Å². The molecule has 2 aromatic heterocycles. The number of rotatable bonds is 3. The van der Waals surface area contributed by atoms with E-state index in [0.29, 0.717) is 30.2 Å². The minimum absolute atomic E-state index is 0.0943. The van der Waals surface area contributed by atoms with Crippen molar-refractivity contribution in [3.8, 4) is 23.0 Å². The molecule has 1 aliphatic heterocycles. The molecule has 0 bridgehead atoms. The van der Waals surface area contributed by atoms with E-state index in [1.165, 1.54) is 23.3 Å². The standard InChI is InChI=1S/C21H18FN5O2/c1-12-6-7-16(13(2)8-12)18-10-27-17(11-28-18)19(24-26-27)21-23-20(25-29-21)14-4-3-5-15(22)9-14/h3-9,18H,10-11H2,1-2H3. The summed E-state index contributed by atoms with van der Waals surface area (Å²) in [6.45, 7) is 5.04. The molecule has 0 fully saturated rings. The van der Waals surface area contributed by atoms with Gasteiger partial charge in [-0.2, -0.15) is 4.98 Å². The van der Waals surface area contributed by atoms with E-state index >= 15 is 0 Å². The average molecular weight is 391 g/mol. The highest BCUT2D eigenvalue weighted by Gasteiger charge is 2.28. The van der Waals surface area contributed by atoms with Gasteiger partial charge in [0.2, 0.25) is 5.82 Å². The van der Waals surface area contributed by atoms with E-state index < -0.39 is 0 Å². The van der Waals surface area contributed by atoms with E-state index in [0.717, 1.165) is 11.3 Å². The van der Waals surface area contributed by atoms with Gasteiger partial charge >= 0.3 is 0 Å². The van der Waals surface area contributed by atoms with Crippen molar-refractivity contribution in [3.63, 3.8) is 0 Å². The van der Waals surface area contributed by atoms with Crippen LogP contribution in [0.4, 0.5) is 4.39 Å².